The van der Waals surface area contributed by atoms with Crippen LogP contribution in [0, 0.1) is 0 Å². The van der Waals surface area contributed by atoms with Crippen LogP contribution >= 0.6 is 0 Å². The average Bonchev–Trinajstić information content (AvgIpc) is 2.72. The number of hydrogen-bond acceptors (Lipinski definition) is 5. The lowest BCUT2D eigenvalue weighted by molar-refractivity contribution is -0.129. The Labute approximate surface area is 159 Å². The molecule has 0 fully saturated rings. The van der Waals surface area contributed by atoms with Crippen LogP contribution in [-0.2, 0) is 16.1 Å². The van der Waals surface area contributed by atoms with Crippen molar-refractivity contribution in [3.05, 3.63) is 59.7 Å². The Kier molecular flexibility index (Phi) is 7.43. The van der Waals surface area contributed by atoms with E-state index in [-0.39, 0.29) is 19.0 Å². The quantitative estimate of drug-likeness (QED) is 0.502. The third-order valence-corrected chi connectivity index (χ3v) is 4.00. The zero-order valence-corrected chi connectivity index (χ0v) is 15.7. The van der Waals surface area contributed by atoms with E-state index < -0.39 is 0 Å². The molecule has 2 aromatic carbocycles. The Morgan fingerprint density at radius 1 is 0.963 bits per heavy atom. The van der Waals surface area contributed by atoms with Gasteiger partial charge in [0.2, 0.25) is 5.91 Å². The molecule has 1 amide bonds. The van der Waals surface area contributed by atoms with Crippen molar-refractivity contribution < 1.29 is 23.8 Å². The van der Waals surface area contributed by atoms with Gasteiger partial charge in [0.05, 0.1) is 34.4 Å². The standard InChI is InChI=1S/C21H23NO5/c1-25-18-8-4-16(5-9-18)6-11-21(24)22(12-13-23)15-17-7-10-19(26-2)14-20(17)27-3/h4-11,13-14H,12,15H2,1-3H3/b11-6-. The van der Waals surface area contributed by atoms with Crippen molar-refractivity contribution in [2.24, 2.45) is 0 Å². The summed E-state index contributed by atoms with van der Waals surface area (Å²) in [5.74, 6) is 1.73. The molecule has 27 heavy (non-hydrogen) atoms. The average molecular weight is 369 g/mol. The van der Waals surface area contributed by atoms with Crippen LogP contribution in [0.25, 0.3) is 6.08 Å². The molecule has 0 bridgehead atoms. The van der Waals surface area contributed by atoms with Gasteiger partial charge in [0.25, 0.3) is 0 Å². The highest BCUT2D eigenvalue weighted by molar-refractivity contribution is 5.92. The van der Waals surface area contributed by atoms with Gasteiger partial charge in [-0.2, -0.15) is 0 Å². The first-order valence-corrected chi connectivity index (χ1v) is 8.36. The topological polar surface area (TPSA) is 65.1 Å². The maximum Gasteiger partial charge on any atom is 0.247 e. The molecule has 0 saturated carbocycles. The molecular weight excluding hydrogens is 346 g/mol. The third kappa shape index (κ3) is 5.60. The van der Waals surface area contributed by atoms with E-state index in [4.69, 9.17) is 14.2 Å². The summed E-state index contributed by atoms with van der Waals surface area (Å²) < 4.78 is 15.7. The second-order valence-electron chi connectivity index (χ2n) is 5.67. The lowest BCUT2D eigenvalue weighted by atomic mass is 10.1. The van der Waals surface area contributed by atoms with Crippen LogP contribution in [0.4, 0.5) is 0 Å². The Balaban J connectivity index is 2.14. The fourth-order valence-electron chi connectivity index (χ4n) is 2.50. The zero-order chi connectivity index (χ0) is 19.6. The summed E-state index contributed by atoms with van der Waals surface area (Å²) in [6.45, 7) is 0.235. The maximum atomic E-state index is 12.5. The number of methoxy groups -OCH3 is 3. The number of nitrogens with zero attached hydrogens (tertiary/aromatic N) is 1. The lowest BCUT2D eigenvalue weighted by Gasteiger charge is -2.20. The third-order valence-electron chi connectivity index (χ3n) is 4.00. The number of carbonyl (C=O) groups is 2. The highest BCUT2D eigenvalue weighted by Crippen LogP contribution is 2.25. The van der Waals surface area contributed by atoms with E-state index in [2.05, 4.69) is 0 Å². The van der Waals surface area contributed by atoms with Crippen LogP contribution in [0.15, 0.2) is 48.5 Å². The van der Waals surface area contributed by atoms with Crippen molar-refractivity contribution in [1.82, 2.24) is 4.90 Å². The zero-order valence-electron chi connectivity index (χ0n) is 15.7. The van der Waals surface area contributed by atoms with Gasteiger partial charge in [0, 0.05) is 17.7 Å². The van der Waals surface area contributed by atoms with Gasteiger partial charge in [-0.15, -0.1) is 0 Å². The van der Waals surface area contributed by atoms with Crippen LogP contribution in [-0.4, -0.2) is 45.0 Å². The predicted octanol–water partition coefficient (Wildman–Crippen LogP) is 2.95. The van der Waals surface area contributed by atoms with Crippen LogP contribution in [0.2, 0.25) is 0 Å². The van der Waals surface area contributed by atoms with Gasteiger partial charge in [0.15, 0.2) is 0 Å². The summed E-state index contributed by atoms with van der Waals surface area (Å²) in [5.41, 5.74) is 1.64. The monoisotopic (exact) mass is 369 g/mol. The largest absolute Gasteiger partial charge is 0.497 e. The molecule has 2 aromatic rings. The van der Waals surface area contributed by atoms with Crippen LogP contribution in [0.1, 0.15) is 11.1 Å². The van der Waals surface area contributed by atoms with E-state index in [0.29, 0.717) is 17.8 Å². The van der Waals surface area contributed by atoms with Gasteiger partial charge in [-0.05, 0) is 35.9 Å². The number of ether oxygens (including phenoxy) is 3. The molecule has 0 unspecified atom stereocenters. The van der Waals surface area contributed by atoms with Gasteiger partial charge < -0.3 is 23.9 Å². The Morgan fingerprint density at radius 3 is 2.22 bits per heavy atom. The van der Waals surface area contributed by atoms with E-state index in [9.17, 15) is 9.59 Å². The highest BCUT2D eigenvalue weighted by Gasteiger charge is 2.14. The molecule has 0 aromatic heterocycles. The Bertz CT molecular complexity index is 799. The SMILES string of the molecule is COc1ccc(/C=C\C(=O)N(CC=O)Cc2ccc(OC)cc2OC)cc1. The Morgan fingerprint density at radius 2 is 1.63 bits per heavy atom. The van der Waals surface area contributed by atoms with E-state index in [1.807, 2.05) is 30.3 Å². The molecule has 0 N–H and O–H groups in total. The predicted molar refractivity (Wildman–Crippen MR) is 103 cm³/mol. The lowest BCUT2D eigenvalue weighted by Crippen LogP contribution is -2.30. The van der Waals surface area contributed by atoms with Crippen molar-refractivity contribution in [2.75, 3.05) is 27.9 Å². The molecule has 0 aliphatic rings. The molecule has 2 rings (SSSR count). The van der Waals surface area contributed by atoms with Gasteiger partial charge >= 0.3 is 0 Å². The number of hydrogen-bond donors (Lipinski definition) is 0. The summed E-state index contributed by atoms with van der Waals surface area (Å²) in [6, 6.07) is 12.7. The van der Waals surface area contributed by atoms with Crippen molar-refractivity contribution in [2.45, 2.75) is 6.54 Å². The van der Waals surface area contributed by atoms with E-state index in [0.717, 1.165) is 16.9 Å². The smallest absolute Gasteiger partial charge is 0.247 e. The number of aldehydes is 1. The summed E-state index contributed by atoms with van der Waals surface area (Å²) in [4.78, 5) is 25.0. The molecule has 0 saturated heterocycles. The number of amides is 1. The van der Waals surface area contributed by atoms with Crippen LogP contribution in [0.3, 0.4) is 0 Å². The van der Waals surface area contributed by atoms with Crippen LogP contribution < -0.4 is 14.2 Å². The fourth-order valence-corrected chi connectivity index (χ4v) is 2.50. The van der Waals surface area contributed by atoms with Gasteiger partial charge in [0.1, 0.15) is 23.5 Å². The Hall–Kier alpha value is -3.28. The van der Waals surface area contributed by atoms with Crippen molar-refractivity contribution in [3.8, 4) is 17.2 Å². The number of rotatable bonds is 9. The van der Waals surface area contributed by atoms with Crippen molar-refractivity contribution in [3.63, 3.8) is 0 Å². The first kappa shape index (κ1) is 20.0. The molecule has 142 valence electrons. The molecule has 0 heterocycles. The molecule has 6 heteroatoms. The molecular formula is C21H23NO5. The van der Waals surface area contributed by atoms with E-state index >= 15 is 0 Å². The van der Waals surface area contributed by atoms with Gasteiger partial charge in [-0.25, -0.2) is 0 Å². The molecule has 6 nitrogen and oxygen atoms in total. The normalized spacial score (nSPS) is 10.5. The molecule has 0 radical (unpaired) electrons. The number of carbonyl (C=O) groups excluding carboxylic acids is 2. The minimum absolute atomic E-state index is 0.0129. The maximum absolute atomic E-state index is 12.5. The molecule has 0 spiro atoms. The summed E-state index contributed by atoms with van der Waals surface area (Å²) in [5, 5.41) is 0. The minimum Gasteiger partial charge on any atom is -0.497 e. The molecule has 0 atom stereocenters. The molecule has 0 aliphatic carbocycles. The molecule has 0 aliphatic heterocycles. The van der Waals surface area contributed by atoms with E-state index in [1.165, 1.54) is 11.0 Å². The highest BCUT2D eigenvalue weighted by atomic mass is 16.5. The summed E-state index contributed by atoms with van der Waals surface area (Å²) in [6.07, 6.45) is 3.85. The second kappa shape index (κ2) is 10.0. The second-order valence-corrected chi connectivity index (χ2v) is 5.67. The van der Waals surface area contributed by atoms with Crippen molar-refractivity contribution >= 4 is 18.3 Å². The first-order chi connectivity index (χ1) is 13.1. The summed E-state index contributed by atoms with van der Waals surface area (Å²) in [7, 11) is 4.72. The number of benzene rings is 2. The van der Waals surface area contributed by atoms with E-state index in [1.54, 1.807) is 39.5 Å². The minimum atomic E-state index is -0.268. The van der Waals surface area contributed by atoms with Crippen molar-refractivity contribution in [1.29, 1.82) is 0 Å². The first-order valence-electron chi connectivity index (χ1n) is 8.36. The van der Waals surface area contributed by atoms with Gasteiger partial charge in [-0.1, -0.05) is 12.1 Å². The summed E-state index contributed by atoms with van der Waals surface area (Å²) >= 11 is 0. The van der Waals surface area contributed by atoms with Gasteiger partial charge in [-0.3, -0.25) is 4.79 Å². The fraction of sp³-hybridized carbons (Fsp3) is 0.238. The van der Waals surface area contributed by atoms with Crippen LogP contribution in [0.5, 0.6) is 17.2 Å².